The van der Waals surface area contributed by atoms with E-state index in [2.05, 4.69) is 180 Å². The highest BCUT2D eigenvalue weighted by atomic mass is 15.0. The minimum Gasteiger partial charge on any atom is -0.309 e. The van der Waals surface area contributed by atoms with Crippen LogP contribution < -0.4 is 0 Å². The maximum Gasteiger partial charge on any atom is 0.0971 e. The Labute approximate surface area is 306 Å². The Morgan fingerprint density at radius 1 is 0.302 bits per heavy atom. The van der Waals surface area contributed by atoms with Crippen molar-refractivity contribution < 1.29 is 0 Å². The van der Waals surface area contributed by atoms with Crippen LogP contribution in [0.2, 0.25) is 0 Å². The van der Waals surface area contributed by atoms with E-state index in [0.717, 1.165) is 27.4 Å². The molecule has 0 N–H and O–H groups in total. The van der Waals surface area contributed by atoms with Crippen molar-refractivity contribution >= 4 is 65.2 Å². The molecular formula is C50H31N3. The van der Waals surface area contributed by atoms with Crippen LogP contribution in [0.5, 0.6) is 0 Å². The Bertz CT molecular complexity index is 3150. The molecule has 0 saturated heterocycles. The number of para-hydroxylation sites is 2. The summed E-state index contributed by atoms with van der Waals surface area (Å²) in [5, 5.41) is 9.64. The molecule has 0 saturated carbocycles. The highest BCUT2D eigenvalue weighted by molar-refractivity contribution is 6.23. The van der Waals surface area contributed by atoms with Gasteiger partial charge in [-0.2, -0.15) is 0 Å². The van der Waals surface area contributed by atoms with Gasteiger partial charge in [0.2, 0.25) is 0 Å². The highest BCUT2D eigenvalue weighted by Crippen LogP contribution is 2.38. The van der Waals surface area contributed by atoms with E-state index in [1.165, 1.54) is 76.9 Å². The van der Waals surface area contributed by atoms with E-state index in [0.29, 0.717) is 0 Å². The Morgan fingerprint density at radius 3 is 1.43 bits per heavy atom. The summed E-state index contributed by atoms with van der Waals surface area (Å²) in [5.74, 6) is 0. The number of benzene rings is 9. The molecule has 0 atom stereocenters. The second-order valence-corrected chi connectivity index (χ2v) is 13.8. The van der Waals surface area contributed by atoms with E-state index in [1.54, 1.807) is 12.4 Å². The van der Waals surface area contributed by atoms with Crippen LogP contribution in [0, 0.1) is 0 Å². The fourth-order valence-electron chi connectivity index (χ4n) is 8.32. The van der Waals surface area contributed by atoms with E-state index in [-0.39, 0.29) is 0 Å². The first-order valence-corrected chi connectivity index (χ1v) is 18.1. The van der Waals surface area contributed by atoms with Crippen LogP contribution in [0.4, 0.5) is 0 Å². The molecule has 3 nitrogen and oxygen atoms in total. The van der Waals surface area contributed by atoms with Gasteiger partial charge in [0.05, 0.1) is 22.1 Å². The molecule has 53 heavy (non-hydrogen) atoms. The molecule has 0 aliphatic carbocycles. The van der Waals surface area contributed by atoms with E-state index in [4.69, 9.17) is 9.97 Å². The van der Waals surface area contributed by atoms with Crippen LogP contribution in [0.25, 0.3) is 104 Å². The van der Waals surface area contributed by atoms with Gasteiger partial charge in [-0.1, -0.05) is 127 Å². The van der Waals surface area contributed by atoms with Crippen molar-refractivity contribution in [1.82, 2.24) is 14.5 Å². The number of rotatable bonds is 4. The fraction of sp³-hybridized carbons (Fsp3) is 0. The standard InChI is InChI=1S/C50H31N3/c1-2-16-45-41(13-1)42-24-22-39(31-46(42)50-49(45)51-25-26-52-50)35-12-8-10-33(28-35)32-9-7-11-34(27-32)36-19-20-38-30-40(23-21-37(38)29-36)53-47-17-5-3-14-43(47)44-15-4-6-18-48(44)53/h1-31H. The lowest BCUT2D eigenvalue weighted by molar-refractivity contribution is 1.19. The maximum atomic E-state index is 4.79. The molecule has 3 heteroatoms. The normalized spacial score (nSPS) is 11.8. The maximum absolute atomic E-state index is 4.79. The van der Waals surface area contributed by atoms with Crippen molar-refractivity contribution in [1.29, 1.82) is 0 Å². The number of hydrogen-bond acceptors (Lipinski definition) is 2. The average Bonchev–Trinajstić information content (AvgIpc) is 3.58. The molecule has 2 aromatic heterocycles. The first kappa shape index (κ1) is 29.6. The van der Waals surface area contributed by atoms with Crippen LogP contribution in [-0.4, -0.2) is 14.5 Å². The van der Waals surface area contributed by atoms with Gasteiger partial charge in [0.15, 0.2) is 0 Å². The molecule has 11 rings (SSSR count). The zero-order valence-corrected chi connectivity index (χ0v) is 28.7. The lowest BCUT2D eigenvalue weighted by Gasteiger charge is -2.12. The van der Waals surface area contributed by atoms with Crippen LogP contribution in [0.3, 0.4) is 0 Å². The summed E-state index contributed by atoms with van der Waals surface area (Å²) in [6.45, 7) is 0. The second kappa shape index (κ2) is 11.7. The molecule has 11 aromatic rings. The van der Waals surface area contributed by atoms with Gasteiger partial charge in [-0.05, 0) is 103 Å². The highest BCUT2D eigenvalue weighted by Gasteiger charge is 2.14. The Morgan fingerprint density at radius 2 is 0.774 bits per heavy atom. The van der Waals surface area contributed by atoms with E-state index in [1.807, 2.05) is 0 Å². The van der Waals surface area contributed by atoms with Crippen molar-refractivity contribution in [2.75, 3.05) is 0 Å². The zero-order valence-electron chi connectivity index (χ0n) is 28.7. The Balaban J connectivity index is 0.953. The number of nitrogens with zero attached hydrogens (tertiary/aromatic N) is 3. The lowest BCUT2D eigenvalue weighted by atomic mass is 9.93. The number of fused-ring (bicyclic) bond motifs is 10. The summed E-state index contributed by atoms with van der Waals surface area (Å²) < 4.78 is 2.38. The monoisotopic (exact) mass is 673 g/mol. The van der Waals surface area contributed by atoms with Crippen molar-refractivity contribution in [2.45, 2.75) is 0 Å². The molecule has 0 bridgehead atoms. The largest absolute Gasteiger partial charge is 0.309 e. The quantitative estimate of drug-likeness (QED) is 0.174. The molecule has 0 spiro atoms. The summed E-state index contributed by atoms with van der Waals surface area (Å²) in [7, 11) is 0. The number of hydrogen-bond donors (Lipinski definition) is 0. The van der Waals surface area contributed by atoms with Gasteiger partial charge in [-0.3, -0.25) is 9.97 Å². The third kappa shape index (κ3) is 4.75. The lowest BCUT2D eigenvalue weighted by Crippen LogP contribution is -1.93. The van der Waals surface area contributed by atoms with Crippen LogP contribution in [-0.2, 0) is 0 Å². The average molecular weight is 674 g/mol. The van der Waals surface area contributed by atoms with Gasteiger partial charge in [-0.15, -0.1) is 0 Å². The molecule has 9 aromatic carbocycles. The molecular weight excluding hydrogens is 643 g/mol. The van der Waals surface area contributed by atoms with Crippen LogP contribution >= 0.6 is 0 Å². The van der Waals surface area contributed by atoms with Gasteiger partial charge in [-0.25, -0.2) is 0 Å². The van der Waals surface area contributed by atoms with Gasteiger partial charge in [0.1, 0.15) is 0 Å². The van der Waals surface area contributed by atoms with Crippen molar-refractivity contribution in [3.05, 3.63) is 188 Å². The summed E-state index contributed by atoms with van der Waals surface area (Å²) in [5.41, 5.74) is 12.6. The van der Waals surface area contributed by atoms with Crippen LogP contribution in [0.15, 0.2) is 188 Å². The topological polar surface area (TPSA) is 30.7 Å². The Hall–Kier alpha value is -7.10. The summed E-state index contributed by atoms with van der Waals surface area (Å²) >= 11 is 0. The summed E-state index contributed by atoms with van der Waals surface area (Å²) in [6, 6.07) is 63.9. The molecule has 0 fully saturated rings. The molecule has 2 heterocycles. The fourth-order valence-corrected chi connectivity index (χ4v) is 8.32. The smallest absolute Gasteiger partial charge is 0.0971 e. The van der Waals surface area contributed by atoms with Gasteiger partial charge >= 0.3 is 0 Å². The Kier molecular flexibility index (Phi) is 6.55. The first-order valence-electron chi connectivity index (χ1n) is 18.1. The second-order valence-electron chi connectivity index (χ2n) is 13.8. The van der Waals surface area contributed by atoms with Crippen molar-refractivity contribution in [3.8, 4) is 39.1 Å². The number of aromatic nitrogens is 3. The molecule has 0 amide bonds. The molecule has 0 unspecified atom stereocenters. The van der Waals surface area contributed by atoms with E-state index < -0.39 is 0 Å². The van der Waals surface area contributed by atoms with Crippen molar-refractivity contribution in [3.63, 3.8) is 0 Å². The van der Waals surface area contributed by atoms with Gasteiger partial charge in [0.25, 0.3) is 0 Å². The van der Waals surface area contributed by atoms with Crippen LogP contribution in [0.1, 0.15) is 0 Å². The zero-order chi connectivity index (χ0) is 34.9. The summed E-state index contributed by atoms with van der Waals surface area (Å²) in [6.07, 6.45) is 3.57. The third-order valence-corrected chi connectivity index (χ3v) is 10.8. The summed E-state index contributed by atoms with van der Waals surface area (Å²) in [4.78, 5) is 9.53. The van der Waals surface area contributed by atoms with Gasteiger partial charge < -0.3 is 4.57 Å². The molecule has 0 aliphatic heterocycles. The third-order valence-electron chi connectivity index (χ3n) is 10.8. The predicted octanol–water partition coefficient (Wildman–Crippen LogP) is 13.2. The van der Waals surface area contributed by atoms with E-state index >= 15 is 0 Å². The van der Waals surface area contributed by atoms with Gasteiger partial charge in [0, 0.05) is 39.6 Å². The van der Waals surface area contributed by atoms with E-state index in [9.17, 15) is 0 Å². The molecule has 0 radical (unpaired) electrons. The first-order chi connectivity index (χ1) is 26.3. The minimum atomic E-state index is 0.935. The molecule has 0 aliphatic rings. The SMILES string of the molecule is c1cc(-c2cccc(-c3ccc4c5ccccc5c5nccnc5c4c3)c2)cc(-c2ccc3cc(-n4c5ccccc5c5ccccc54)ccc3c2)c1. The minimum absolute atomic E-state index is 0.935. The van der Waals surface area contributed by atoms with Crippen molar-refractivity contribution in [2.24, 2.45) is 0 Å². The predicted molar refractivity (Wildman–Crippen MR) is 223 cm³/mol. The molecule has 246 valence electrons.